The molecule has 3 rings (SSSR count). The number of hydrogen-bond donors (Lipinski definition) is 2. The number of thioether (sulfide) groups is 1. The van der Waals surface area contributed by atoms with E-state index in [1.54, 1.807) is 55.6 Å². The van der Waals surface area contributed by atoms with Crippen molar-refractivity contribution in [2.24, 2.45) is 0 Å². The minimum Gasteiger partial charge on any atom is -0.360 e. The first-order chi connectivity index (χ1) is 14.0. The van der Waals surface area contributed by atoms with Gasteiger partial charge < -0.3 is 15.2 Å². The summed E-state index contributed by atoms with van der Waals surface area (Å²) in [6.45, 7) is 0. The van der Waals surface area contributed by atoms with Crippen LogP contribution in [0, 0.1) is 0 Å². The van der Waals surface area contributed by atoms with E-state index in [1.807, 2.05) is 0 Å². The zero-order chi connectivity index (χ0) is 20.8. The lowest BCUT2D eigenvalue weighted by atomic mass is 10.1. The quantitative estimate of drug-likeness (QED) is 0.536. The summed E-state index contributed by atoms with van der Waals surface area (Å²) >= 11 is 13.5. The van der Waals surface area contributed by atoms with Crippen LogP contribution in [0.25, 0.3) is 11.3 Å². The molecular weight excluding hydrogens is 433 g/mol. The highest BCUT2D eigenvalue weighted by molar-refractivity contribution is 7.99. The number of aromatic nitrogens is 1. The average Bonchev–Trinajstić information content (AvgIpc) is 3.16. The third-order valence-corrected chi connectivity index (χ3v) is 5.38. The van der Waals surface area contributed by atoms with E-state index in [9.17, 15) is 9.59 Å². The van der Waals surface area contributed by atoms with Crippen molar-refractivity contribution in [3.63, 3.8) is 0 Å². The number of anilines is 1. The van der Waals surface area contributed by atoms with Crippen molar-refractivity contribution in [2.45, 2.75) is 5.75 Å². The van der Waals surface area contributed by atoms with Crippen LogP contribution in [0.3, 0.4) is 0 Å². The standard InChI is InChI=1S/C20H17Cl2N3O3S/c1-23-20(27)12-3-2-4-14(7-12)24-19(26)11-29-10-15-9-18(25-28-15)16-6-5-13(21)8-17(16)22/h2-9H,10-11H2,1H3,(H,23,27)(H,24,26). The Balaban J connectivity index is 1.52. The Hall–Kier alpha value is -2.48. The van der Waals surface area contributed by atoms with Crippen molar-refractivity contribution in [3.05, 3.63) is 69.9 Å². The van der Waals surface area contributed by atoms with Crippen LogP contribution < -0.4 is 10.6 Å². The Morgan fingerprint density at radius 1 is 1.14 bits per heavy atom. The lowest BCUT2D eigenvalue weighted by Gasteiger charge is -2.06. The number of nitrogens with one attached hydrogen (secondary N) is 2. The molecule has 1 heterocycles. The van der Waals surface area contributed by atoms with Crippen molar-refractivity contribution in [2.75, 3.05) is 18.1 Å². The first-order valence-corrected chi connectivity index (χ1v) is 10.5. The number of halogens is 2. The monoisotopic (exact) mass is 449 g/mol. The Bertz CT molecular complexity index is 1040. The Kier molecular flexibility index (Phi) is 7.19. The second-order valence-corrected chi connectivity index (χ2v) is 7.83. The number of carbonyl (C=O) groups excluding carboxylic acids is 2. The van der Waals surface area contributed by atoms with E-state index in [1.165, 1.54) is 11.8 Å². The van der Waals surface area contributed by atoms with Gasteiger partial charge >= 0.3 is 0 Å². The highest BCUT2D eigenvalue weighted by atomic mass is 35.5. The molecule has 0 spiro atoms. The van der Waals surface area contributed by atoms with Crippen molar-refractivity contribution < 1.29 is 14.1 Å². The van der Waals surface area contributed by atoms with Crippen LogP contribution in [0.2, 0.25) is 10.0 Å². The maximum Gasteiger partial charge on any atom is 0.251 e. The summed E-state index contributed by atoms with van der Waals surface area (Å²) < 4.78 is 5.32. The molecule has 0 aliphatic rings. The fourth-order valence-electron chi connectivity index (χ4n) is 2.53. The molecule has 0 saturated heterocycles. The first-order valence-electron chi connectivity index (χ1n) is 8.57. The fraction of sp³-hybridized carbons (Fsp3) is 0.150. The molecule has 0 radical (unpaired) electrons. The lowest BCUT2D eigenvalue weighted by Crippen LogP contribution is -2.19. The van der Waals surface area contributed by atoms with Crippen LogP contribution in [0.15, 0.2) is 53.1 Å². The molecule has 0 saturated carbocycles. The number of rotatable bonds is 7. The van der Waals surface area contributed by atoms with E-state index in [0.717, 1.165) is 5.56 Å². The van der Waals surface area contributed by atoms with Gasteiger partial charge in [0, 0.05) is 35.0 Å². The van der Waals surface area contributed by atoms with Gasteiger partial charge in [0.2, 0.25) is 5.91 Å². The SMILES string of the molecule is CNC(=O)c1cccc(NC(=O)CSCc2cc(-c3ccc(Cl)cc3Cl)no2)c1. The van der Waals surface area contributed by atoms with Gasteiger partial charge in [0.05, 0.1) is 16.5 Å². The summed E-state index contributed by atoms with van der Waals surface area (Å²) in [4.78, 5) is 23.8. The van der Waals surface area contributed by atoms with Gasteiger partial charge in [-0.3, -0.25) is 9.59 Å². The molecule has 1 aromatic heterocycles. The third kappa shape index (κ3) is 5.76. The summed E-state index contributed by atoms with van der Waals surface area (Å²) in [5.41, 5.74) is 2.38. The van der Waals surface area contributed by atoms with Gasteiger partial charge in [-0.2, -0.15) is 0 Å². The summed E-state index contributed by atoms with van der Waals surface area (Å²) in [5.74, 6) is 0.943. The summed E-state index contributed by atoms with van der Waals surface area (Å²) in [6, 6.07) is 13.7. The highest BCUT2D eigenvalue weighted by Gasteiger charge is 2.12. The minimum absolute atomic E-state index is 0.176. The molecule has 3 aromatic rings. The van der Waals surface area contributed by atoms with Gasteiger partial charge in [-0.05, 0) is 36.4 Å². The van der Waals surface area contributed by atoms with Gasteiger partial charge in [0.1, 0.15) is 11.5 Å². The Morgan fingerprint density at radius 3 is 2.72 bits per heavy atom. The maximum atomic E-state index is 12.1. The molecule has 0 unspecified atom stereocenters. The largest absolute Gasteiger partial charge is 0.360 e. The van der Waals surface area contributed by atoms with Crippen LogP contribution >= 0.6 is 35.0 Å². The van der Waals surface area contributed by atoms with E-state index < -0.39 is 0 Å². The minimum atomic E-state index is -0.211. The molecular formula is C20H17Cl2N3O3S. The van der Waals surface area contributed by atoms with E-state index in [0.29, 0.717) is 38.5 Å². The topological polar surface area (TPSA) is 84.2 Å². The summed E-state index contributed by atoms with van der Waals surface area (Å²) in [5, 5.41) is 10.4. The van der Waals surface area contributed by atoms with Crippen molar-refractivity contribution in [3.8, 4) is 11.3 Å². The molecule has 0 aliphatic carbocycles. The fourth-order valence-corrected chi connectivity index (χ4v) is 3.73. The predicted octanol–water partition coefficient (Wildman–Crippen LogP) is 4.88. The highest BCUT2D eigenvalue weighted by Crippen LogP contribution is 2.30. The predicted molar refractivity (Wildman–Crippen MR) is 117 cm³/mol. The maximum absolute atomic E-state index is 12.1. The zero-order valence-electron chi connectivity index (χ0n) is 15.4. The molecule has 29 heavy (non-hydrogen) atoms. The van der Waals surface area contributed by atoms with Gasteiger partial charge in [-0.15, -0.1) is 11.8 Å². The molecule has 2 aromatic carbocycles. The average molecular weight is 450 g/mol. The Labute approximate surface area is 181 Å². The van der Waals surface area contributed by atoms with E-state index in [4.69, 9.17) is 27.7 Å². The Morgan fingerprint density at radius 2 is 1.97 bits per heavy atom. The van der Waals surface area contributed by atoms with E-state index in [-0.39, 0.29) is 17.6 Å². The first kappa shape index (κ1) is 21.2. The van der Waals surface area contributed by atoms with Crippen LogP contribution in [0.1, 0.15) is 16.1 Å². The van der Waals surface area contributed by atoms with Gasteiger partial charge in [-0.25, -0.2) is 0 Å². The number of hydrogen-bond acceptors (Lipinski definition) is 5. The van der Waals surface area contributed by atoms with Crippen molar-refractivity contribution in [1.82, 2.24) is 10.5 Å². The zero-order valence-corrected chi connectivity index (χ0v) is 17.7. The van der Waals surface area contributed by atoms with Crippen molar-refractivity contribution >= 4 is 52.5 Å². The smallest absolute Gasteiger partial charge is 0.251 e. The molecule has 0 aliphatic heterocycles. The van der Waals surface area contributed by atoms with Crippen molar-refractivity contribution in [1.29, 1.82) is 0 Å². The second-order valence-electron chi connectivity index (χ2n) is 6.00. The number of amides is 2. The normalized spacial score (nSPS) is 10.6. The van der Waals surface area contributed by atoms with Crippen LogP contribution in [0.5, 0.6) is 0 Å². The molecule has 6 nitrogen and oxygen atoms in total. The van der Waals surface area contributed by atoms with E-state index in [2.05, 4.69) is 15.8 Å². The molecule has 0 bridgehead atoms. The van der Waals surface area contributed by atoms with E-state index >= 15 is 0 Å². The number of nitrogens with zero attached hydrogens (tertiary/aromatic N) is 1. The third-order valence-electron chi connectivity index (χ3n) is 3.88. The summed E-state index contributed by atoms with van der Waals surface area (Å²) in [7, 11) is 1.56. The molecule has 0 fully saturated rings. The second kappa shape index (κ2) is 9.82. The number of carbonyl (C=O) groups is 2. The number of benzene rings is 2. The van der Waals surface area contributed by atoms with Crippen LogP contribution in [-0.2, 0) is 10.5 Å². The molecule has 0 atom stereocenters. The summed E-state index contributed by atoms with van der Waals surface area (Å²) in [6.07, 6.45) is 0. The molecule has 2 N–H and O–H groups in total. The molecule has 9 heteroatoms. The van der Waals surface area contributed by atoms with Gasteiger partial charge in [0.25, 0.3) is 5.91 Å². The lowest BCUT2D eigenvalue weighted by molar-refractivity contribution is -0.113. The molecule has 2 amide bonds. The molecule has 150 valence electrons. The van der Waals surface area contributed by atoms with Crippen LogP contribution in [-0.4, -0.2) is 29.8 Å². The van der Waals surface area contributed by atoms with Gasteiger partial charge in [0.15, 0.2) is 0 Å². The van der Waals surface area contributed by atoms with Crippen LogP contribution in [0.4, 0.5) is 5.69 Å². The van der Waals surface area contributed by atoms with Gasteiger partial charge in [-0.1, -0.05) is 34.4 Å².